The maximum Gasteiger partial charge on any atom is 0.269 e. The molecular weight excluding hydrogens is 1650 g/mol. The van der Waals surface area contributed by atoms with E-state index in [9.17, 15) is 76.1 Å². The van der Waals surface area contributed by atoms with Gasteiger partial charge in [0, 0.05) is 120 Å². The molecule has 7 aliphatic carbocycles. The summed E-state index contributed by atoms with van der Waals surface area (Å²) in [7, 11) is -1.42. The van der Waals surface area contributed by atoms with Crippen molar-refractivity contribution in [2.45, 2.75) is 69.1 Å². The number of non-ortho nitro benzene ring substituents is 1. The Morgan fingerprint density at radius 3 is 1.16 bits per heavy atom. The van der Waals surface area contributed by atoms with Crippen LogP contribution >= 0.6 is 0 Å². The molecule has 7 aliphatic rings. The number of allylic oxidation sites excluding steroid dienone is 12. The van der Waals surface area contributed by atoms with Gasteiger partial charge in [-0.3, -0.25) is 72.4 Å². The second-order valence-corrected chi connectivity index (χ2v) is 32.6. The van der Waals surface area contributed by atoms with Gasteiger partial charge in [0.1, 0.15) is 11.4 Å². The average Bonchev–Trinajstić information content (AvgIpc) is 0.770. The number of hydrogen-bond donors (Lipinski definition) is 2. The van der Waals surface area contributed by atoms with Gasteiger partial charge in [-0.25, -0.2) is 8.42 Å². The van der Waals surface area contributed by atoms with E-state index in [2.05, 4.69) is 28.2 Å². The molecule has 0 spiro atoms. The monoisotopic (exact) mass is 1730 g/mol. The predicted molar refractivity (Wildman–Crippen MR) is 488 cm³/mol. The maximum absolute atomic E-state index is 12.6. The van der Waals surface area contributed by atoms with Gasteiger partial charge in [-0.15, -0.1) is 0 Å². The number of ether oxygens (including phenoxy) is 2. The van der Waals surface area contributed by atoms with Gasteiger partial charge >= 0.3 is 0 Å². The average molecular weight is 1730 g/mol. The number of nitrogens with zero attached hydrogens (tertiary/aromatic N) is 1. The van der Waals surface area contributed by atoms with E-state index in [1.165, 1.54) is 112 Å². The Morgan fingerprint density at radius 2 is 0.690 bits per heavy atom. The van der Waals surface area contributed by atoms with Crippen LogP contribution in [0.3, 0.4) is 0 Å². The minimum Gasteiger partial charge on any atom is -0.491 e. The van der Waals surface area contributed by atoms with Crippen molar-refractivity contribution in [2.24, 2.45) is 5.92 Å². The van der Waals surface area contributed by atoms with Gasteiger partial charge in [-0.2, -0.15) is 0 Å². The lowest BCUT2D eigenvalue weighted by molar-refractivity contribution is -0.384. The molecular formula is C107H83N3O18S. The number of carbonyl (C=O) groups is 12. The molecule has 0 unspecified atom stereocenters. The Kier molecular flexibility index (Phi) is 28.2. The van der Waals surface area contributed by atoms with Crippen LogP contribution < -0.4 is 10.0 Å². The van der Waals surface area contributed by atoms with Crippen molar-refractivity contribution < 1.29 is 80.3 Å². The van der Waals surface area contributed by atoms with Crippen LogP contribution in [-0.2, 0) is 38.8 Å². The molecule has 1 fully saturated rings. The number of anilines is 1. The SMILES string of the molecule is COC1=C(NS(=O)(=O)c2ccccc2)C(=O)c2ccccc2C1=O.COC1=C(Nc2ccccc2)C(=O)c2ccccc2C1=O.O=C1C=C(CC2CCCCC2)C(=O)c2ccccc21.O=C1C=C(CCc2ccccc2)C(=O)c2ccccc21.O=C1C=C(Cc2ccc3ccccc3c2)C(=O)c2ccccc21.O=C1C=C(Cc2cccc([N+](=O)[O-])c2)C(=O)c2ccccc21. The second kappa shape index (κ2) is 40.7. The van der Waals surface area contributed by atoms with Crippen LogP contribution in [0.15, 0.2) is 378 Å². The van der Waals surface area contributed by atoms with Crippen molar-refractivity contribution in [1.82, 2.24) is 4.72 Å². The van der Waals surface area contributed by atoms with Crippen molar-refractivity contribution in [3.05, 3.63) is 466 Å². The number of sulfonamides is 1. The van der Waals surface area contributed by atoms with Crippen molar-refractivity contribution in [1.29, 1.82) is 0 Å². The van der Waals surface area contributed by atoms with Gasteiger partial charge in [-0.1, -0.05) is 299 Å². The molecule has 0 amide bonds. The topological polar surface area (TPSA) is 325 Å². The number of carbonyl (C=O) groups excluding carboxylic acids is 12. The zero-order valence-corrected chi connectivity index (χ0v) is 70.8. The lowest BCUT2D eigenvalue weighted by Gasteiger charge is -2.23. The molecule has 2 N–H and O–H groups in total. The molecule has 640 valence electrons. The summed E-state index contributed by atoms with van der Waals surface area (Å²) in [5.74, 6) is -1.97. The number of Topliss-reactive ketones (excluding diaryl/α,β-unsaturated/α-hetero) is 8. The summed E-state index contributed by atoms with van der Waals surface area (Å²) in [6.45, 7) is 0. The van der Waals surface area contributed by atoms with Crippen molar-refractivity contribution in [3.8, 4) is 0 Å². The third-order valence-electron chi connectivity index (χ3n) is 22.5. The molecule has 22 heteroatoms. The number of nitrogens with one attached hydrogen (secondary N) is 2. The number of rotatable bonds is 17. The van der Waals surface area contributed by atoms with Gasteiger partial charge in [0.25, 0.3) is 15.7 Å². The highest BCUT2D eigenvalue weighted by molar-refractivity contribution is 7.89. The van der Waals surface area contributed by atoms with Crippen LogP contribution in [0.2, 0.25) is 0 Å². The van der Waals surface area contributed by atoms with Crippen LogP contribution in [-0.4, -0.2) is 97.0 Å². The molecule has 0 aliphatic heterocycles. The zero-order chi connectivity index (χ0) is 90.8. The zero-order valence-electron chi connectivity index (χ0n) is 70.0. The van der Waals surface area contributed by atoms with Gasteiger partial charge in [-0.05, 0) is 101 Å². The molecule has 0 atom stereocenters. The van der Waals surface area contributed by atoms with E-state index < -0.39 is 26.5 Å². The number of hydrogen-bond acceptors (Lipinski definition) is 19. The summed E-state index contributed by atoms with van der Waals surface area (Å²) in [4.78, 5) is 159. The summed E-state index contributed by atoms with van der Waals surface area (Å²) in [6, 6.07) is 87.9. The van der Waals surface area contributed by atoms with E-state index in [-0.39, 0.29) is 109 Å². The standard InChI is InChI=1S/C21H14O2.C18H14O2.C17H13NO5S.C17H11NO4.C17H13NO3.C17H18O2/c22-20-13-17(21(23)19-8-4-3-7-18(19)20)12-14-9-10-15-5-1-2-6-16(15)11-14;19-17-12-14(11-10-13-6-2-1-3-7-13)18(20)16-9-5-4-8-15(16)17;1-23-17-14(18-24(21,22)11-7-3-2-4-8-11)15(19)12-9-5-6-10-13(12)16(17)20;19-16-10-12(17(20)15-7-2-1-6-14(15)16)8-11-4-3-5-13(9-11)18(21)22;1-21-17-14(18-11-7-3-2-4-8-11)15(19)12-9-5-6-10-13(12)16(17)20;18-16-11-13(10-12-6-2-1-3-7-12)17(19)15-9-5-4-8-14(15)16/h1-11,13H,12H2;1-9,12H,10-11H2;2-10,18H,1H3;1-7,9-10H,8H2;2-10,18H,1H3;4-5,8-9,11-12H,1-3,6-7,10H2. The number of para-hydroxylation sites is 1. The van der Waals surface area contributed by atoms with Gasteiger partial charge in [0.15, 0.2) is 57.8 Å². The molecule has 0 heterocycles. The van der Waals surface area contributed by atoms with Gasteiger partial charge < -0.3 is 14.8 Å². The smallest absolute Gasteiger partial charge is 0.269 e. The number of fused-ring (bicyclic) bond motifs is 7. The molecule has 12 aromatic rings. The Hall–Kier alpha value is -16.1. The third-order valence-corrected chi connectivity index (χ3v) is 23.9. The quantitative estimate of drug-likeness (QED) is 0.0632. The number of benzene rings is 12. The van der Waals surface area contributed by atoms with Crippen LogP contribution in [0.5, 0.6) is 0 Å². The number of ketones is 12. The first-order valence-corrected chi connectivity index (χ1v) is 43.1. The third kappa shape index (κ3) is 20.7. The number of nitro groups is 1. The molecule has 1 saturated carbocycles. The van der Waals surface area contributed by atoms with Gasteiger partial charge in [0.2, 0.25) is 23.1 Å². The lowest BCUT2D eigenvalue weighted by Crippen LogP contribution is -2.34. The summed E-state index contributed by atoms with van der Waals surface area (Å²) < 4.78 is 37.3. The van der Waals surface area contributed by atoms with E-state index in [0.29, 0.717) is 96.7 Å². The highest BCUT2D eigenvalue weighted by atomic mass is 32.2. The fourth-order valence-electron chi connectivity index (χ4n) is 16.0. The van der Waals surface area contributed by atoms with E-state index in [1.807, 2.05) is 97.1 Å². The van der Waals surface area contributed by atoms with E-state index in [0.717, 1.165) is 35.1 Å². The van der Waals surface area contributed by atoms with Crippen LogP contribution in [0.1, 0.15) is 186 Å². The largest absolute Gasteiger partial charge is 0.491 e. The summed E-state index contributed by atoms with van der Waals surface area (Å²) in [5.41, 5.74) is 10.6. The van der Waals surface area contributed by atoms with Crippen molar-refractivity contribution >= 4 is 102 Å². The predicted octanol–water partition coefficient (Wildman–Crippen LogP) is 20.1. The molecule has 0 aromatic heterocycles. The van der Waals surface area contributed by atoms with E-state index in [1.54, 1.807) is 158 Å². The van der Waals surface area contributed by atoms with Crippen LogP contribution in [0.4, 0.5) is 11.4 Å². The van der Waals surface area contributed by atoms with E-state index in [4.69, 9.17) is 9.47 Å². The van der Waals surface area contributed by atoms with Crippen molar-refractivity contribution in [3.63, 3.8) is 0 Å². The fourth-order valence-corrected chi connectivity index (χ4v) is 17.1. The van der Waals surface area contributed by atoms with Crippen LogP contribution in [0, 0.1) is 16.0 Å². The number of methoxy groups -OCH3 is 2. The Bertz CT molecular complexity index is 6890. The van der Waals surface area contributed by atoms with Crippen LogP contribution in [0.25, 0.3) is 10.8 Å². The summed E-state index contributed by atoms with van der Waals surface area (Å²) in [6.07, 6.45) is 14.9. The maximum atomic E-state index is 12.6. The highest BCUT2D eigenvalue weighted by Crippen LogP contribution is 2.36. The first kappa shape index (κ1) is 89.2. The Morgan fingerprint density at radius 1 is 0.333 bits per heavy atom. The normalized spacial score (nSPS) is 14.8. The molecule has 21 nitrogen and oxygen atoms in total. The molecule has 0 saturated heterocycles. The summed E-state index contributed by atoms with van der Waals surface area (Å²) in [5, 5.41) is 16.1. The molecule has 0 bridgehead atoms. The fraction of sp³-hybridized carbons (Fsp3) is 0.121. The minimum absolute atomic E-state index is 0.0130. The summed E-state index contributed by atoms with van der Waals surface area (Å²) >= 11 is 0. The lowest BCUT2D eigenvalue weighted by atomic mass is 9.80. The second-order valence-electron chi connectivity index (χ2n) is 30.9. The molecule has 129 heavy (non-hydrogen) atoms. The Labute approximate surface area is 743 Å². The molecule has 12 aromatic carbocycles. The highest BCUT2D eigenvalue weighted by Gasteiger charge is 2.38. The molecule has 0 radical (unpaired) electrons. The van der Waals surface area contributed by atoms with Gasteiger partial charge in [0.05, 0.1) is 24.0 Å². The first-order chi connectivity index (χ1) is 62.5. The first-order valence-electron chi connectivity index (χ1n) is 41.6. The number of aryl methyl sites for hydroxylation is 1. The Balaban J connectivity index is 0.000000125. The molecule has 19 rings (SSSR count). The van der Waals surface area contributed by atoms with Crippen molar-refractivity contribution in [2.75, 3.05) is 19.5 Å². The number of nitro benzene ring substituents is 1. The minimum atomic E-state index is -4.02. The van der Waals surface area contributed by atoms with E-state index >= 15 is 0 Å².